The van der Waals surface area contributed by atoms with Crippen LogP contribution in [-0.2, 0) is 0 Å². The summed E-state index contributed by atoms with van der Waals surface area (Å²) in [5.74, 6) is 1.62. The average Bonchev–Trinajstić information content (AvgIpc) is 3.09. The standard InChI is InChI=1S/C11H19N5/c1-16(2)11-14-6-5-10(15-11)13-8-7-12-9-3-4-9/h5-6,9,12H,3-4,7-8H2,1-2H3,(H,13,14,15). The van der Waals surface area contributed by atoms with Crippen LogP contribution in [0.1, 0.15) is 12.8 Å². The van der Waals surface area contributed by atoms with Crippen LogP contribution in [0.15, 0.2) is 12.3 Å². The molecule has 1 aromatic heterocycles. The molecule has 0 aromatic carbocycles. The van der Waals surface area contributed by atoms with Gasteiger partial charge in [0.05, 0.1) is 0 Å². The predicted molar refractivity (Wildman–Crippen MR) is 65.9 cm³/mol. The van der Waals surface area contributed by atoms with E-state index in [0.29, 0.717) is 0 Å². The van der Waals surface area contributed by atoms with Crippen molar-refractivity contribution in [3.8, 4) is 0 Å². The predicted octanol–water partition coefficient (Wildman–Crippen LogP) is 0.706. The van der Waals surface area contributed by atoms with E-state index >= 15 is 0 Å². The van der Waals surface area contributed by atoms with E-state index in [1.807, 2.05) is 25.1 Å². The first kappa shape index (κ1) is 11.1. The summed E-state index contributed by atoms with van der Waals surface area (Å²) in [5, 5.41) is 6.73. The normalized spacial score (nSPS) is 14.9. The third kappa shape index (κ3) is 3.34. The van der Waals surface area contributed by atoms with Gasteiger partial charge in [0.25, 0.3) is 0 Å². The second-order valence-electron chi connectivity index (χ2n) is 4.29. The Labute approximate surface area is 96.3 Å². The molecule has 1 heterocycles. The van der Waals surface area contributed by atoms with Crippen LogP contribution in [0.4, 0.5) is 11.8 Å². The lowest BCUT2D eigenvalue weighted by Gasteiger charge is -2.11. The molecule has 2 rings (SSSR count). The molecule has 1 aromatic rings. The first-order valence-electron chi connectivity index (χ1n) is 5.73. The van der Waals surface area contributed by atoms with E-state index in [2.05, 4.69) is 20.6 Å². The maximum atomic E-state index is 4.38. The fraction of sp³-hybridized carbons (Fsp3) is 0.636. The van der Waals surface area contributed by atoms with Gasteiger partial charge in [0.2, 0.25) is 5.95 Å². The average molecular weight is 221 g/mol. The molecular weight excluding hydrogens is 202 g/mol. The van der Waals surface area contributed by atoms with Gasteiger partial charge in [-0.3, -0.25) is 0 Å². The number of hydrogen-bond acceptors (Lipinski definition) is 5. The fourth-order valence-electron chi connectivity index (χ4n) is 1.42. The van der Waals surface area contributed by atoms with Crippen LogP contribution in [0.3, 0.4) is 0 Å². The fourth-order valence-corrected chi connectivity index (χ4v) is 1.42. The summed E-state index contributed by atoms with van der Waals surface area (Å²) in [4.78, 5) is 10.4. The van der Waals surface area contributed by atoms with Crippen molar-refractivity contribution in [3.05, 3.63) is 12.3 Å². The maximum Gasteiger partial charge on any atom is 0.226 e. The lowest BCUT2D eigenvalue weighted by molar-refractivity contribution is 0.700. The van der Waals surface area contributed by atoms with Crippen molar-refractivity contribution in [1.29, 1.82) is 0 Å². The van der Waals surface area contributed by atoms with Gasteiger partial charge in [-0.25, -0.2) is 4.98 Å². The topological polar surface area (TPSA) is 53.1 Å². The third-order valence-electron chi connectivity index (χ3n) is 2.48. The SMILES string of the molecule is CN(C)c1nccc(NCCNC2CC2)n1. The van der Waals surface area contributed by atoms with Gasteiger partial charge in [-0.1, -0.05) is 0 Å². The molecule has 0 unspecified atom stereocenters. The van der Waals surface area contributed by atoms with Crippen molar-refractivity contribution >= 4 is 11.8 Å². The van der Waals surface area contributed by atoms with E-state index in [9.17, 15) is 0 Å². The molecule has 1 aliphatic carbocycles. The van der Waals surface area contributed by atoms with Crippen LogP contribution >= 0.6 is 0 Å². The first-order valence-corrected chi connectivity index (χ1v) is 5.73. The Hall–Kier alpha value is -1.36. The number of nitrogens with zero attached hydrogens (tertiary/aromatic N) is 3. The van der Waals surface area contributed by atoms with Crippen molar-refractivity contribution in [2.75, 3.05) is 37.4 Å². The summed E-state index contributed by atoms with van der Waals surface area (Å²) in [6.45, 7) is 1.90. The Morgan fingerprint density at radius 3 is 2.88 bits per heavy atom. The highest BCUT2D eigenvalue weighted by atomic mass is 15.2. The maximum absolute atomic E-state index is 4.38. The van der Waals surface area contributed by atoms with Crippen LogP contribution in [0.5, 0.6) is 0 Å². The van der Waals surface area contributed by atoms with Crippen molar-refractivity contribution in [2.45, 2.75) is 18.9 Å². The molecule has 88 valence electrons. The molecule has 2 N–H and O–H groups in total. The largest absolute Gasteiger partial charge is 0.369 e. The van der Waals surface area contributed by atoms with Gasteiger partial charge in [0.15, 0.2) is 0 Å². The van der Waals surface area contributed by atoms with E-state index in [1.165, 1.54) is 12.8 Å². The Morgan fingerprint density at radius 1 is 1.38 bits per heavy atom. The van der Waals surface area contributed by atoms with Gasteiger partial charge in [-0.05, 0) is 18.9 Å². The summed E-state index contributed by atoms with van der Waals surface area (Å²) < 4.78 is 0. The van der Waals surface area contributed by atoms with E-state index in [4.69, 9.17) is 0 Å². The van der Waals surface area contributed by atoms with E-state index in [0.717, 1.165) is 30.9 Å². The summed E-state index contributed by atoms with van der Waals surface area (Å²) in [7, 11) is 3.88. The van der Waals surface area contributed by atoms with Gasteiger partial charge < -0.3 is 15.5 Å². The minimum Gasteiger partial charge on any atom is -0.369 e. The zero-order valence-corrected chi connectivity index (χ0v) is 9.90. The Balaban J connectivity index is 1.76. The van der Waals surface area contributed by atoms with Gasteiger partial charge in [-0.2, -0.15) is 4.98 Å². The van der Waals surface area contributed by atoms with E-state index in [1.54, 1.807) is 6.20 Å². The Kier molecular flexibility index (Phi) is 3.56. The van der Waals surface area contributed by atoms with Gasteiger partial charge in [0.1, 0.15) is 5.82 Å². The molecule has 16 heavy (non-hydrogen) atoms. The summed E-state index contributed by atoms with van der Waals surface area (Å²) in [6.07, 6.45) is 4.44. The second kappa shape index (κ2) is 5.12. The highest BCUT2D eigenvalue weighted by Crippen LogP contribution is 2.17. The zero-order valence-electron chi connectivity index (χ0n) is 9.90. The monoisotopic (exact) mass is 221 g/mol. The zero-order chi connectivity index (χ0) is 11.4. The van der Waals surface area contributed by atoms with E-state index in [-0.39, 0.29) is 0 Å². The highest BCUT2D eigenvalue weighted by molar-refractivity contribution is 5.40. The molecule has 0 amide bonds. The molecule has 5 nitrogen and oxygen atoms in total. The molecule has 0 saturated heterocycles. The van der Waals surface area contributed by atoms with Crippen molar-refractivity contribution in [1.82, 2.24) is 15.3 Å². The van der Waals surface area contributed by atoms with Crippen LogP contribution < -0.4 is 15.5 Å². The molecule has 0 spiro atoms. The Morgan fingerprint density at radius 2 is 2.19 bits per heavy atom. The number of anilines is 2. The molecule has 0 bridgehead atoms. The van der Waals surface area contributed by atoms with Gasteiger partial charge >= 0.3 is 0 Å². The molecule has 0 radical (unpaired) electrons. The quantitative estimate of drug-likeness (QED) is 0.693. The Bertz CT molecular complexity index is 335. The number of nitrogens with one attached hydrogen (secondary N) is 2. The molecule has 1 fully saturated rings. The van der Waals surface area contributed by atoms with Crippen molar-refractivity contribution in [2.24, 2.45) is 0 Å². The minimum absolute atomic E-state index is 0.736. The lowest BCUT2D eigenvalue weighted by Crippen LogP contribution is -2.24. The molecule has 0 atom stereocenters. The lowest BCUT2D eigenvalue weighted by atomic mass is 10.5. The minimum atomic E-state index is 0.736. The summed E-state index contributed by atoms with van der Waals surface area (Å²) in [5.41, 5.74) is 0. The highest BCUT2D eigenvalue weighted by Gasteiger charge is 2.19. The van der Waals surface area contributed by atoms with E-state index < -0.39 is 0 Å². The second-order valence-corrected chi connectivity index (χ2v) is 4.29. The van der Waals surface area contributed by atoms with Crippen LogP contribution in [-0.4, -0.2) is 43.2 Å². The molecule has 5 heteroatoms. The molecule has 0 aliphatic heterocycles. The number of aromatic nitrogens is 2. The van der Waals surface area contributed by atoms with Gasteiger partial charge in [0, 0.05) is 39.4 Å². The van der Waals surface area contributed by atoms with Gasteiger partial charge in [-0.15, -0.1) is 0 Å². The van der Waals surface area contributed by atoms with Crippen molar-refractivity contribution < 1.29 is 0 Å². The number of rotatable bonds is 6. The van der Waals surface area contributed by atoms with Crippen molar-refractivity contribution in [3.63, 3.8) is 0 Å². The third-order valence-corrected chi connectivity index (χ3v) is 2.48. The molecular formula is C11H19N5. The smallest absolute Gasteiger partial charge is 0.226 e. The molecule has 1 saturated carbocycles. The summed E-state index contributed by atoms with van der Waals surface area (Å²) >= 11 is 0. The molecule has 1 aliphatic rings. The van der Waals surface area contributed by atoms with Crippen LogP contribution in [0, 0.1) is 0 Å². The van der Waals surface area contributed by atoms with Crippen LogP contribution in [0.2, 0.25) is 0 Å². The van der Waals surface area contributed by atoms with Crippen LogP contribution in [0.25, 0.3) is 0 Å². The first-order chi connectivity index (χ1) is 7.75. The summed E-state index contributed by atoms with van der Waals surface area (Å²) in [6, 6.07) is 2.66. The number of hydrogen-bond donors (Lipinski definition) is 2.